The Bertz CT molecular complexity index is 823. The number of piperidine rings is 1. The Morgan fingerprint density at radius 1 is 1.27 bits per heavy atom. The lowest BCUT2D eigenvalue weighted by Crippen LogP contribution is -2.33. The van der Waals surface area contributed by atoms with Gasteiger partial charge in [0.25, 0.3) is 5.91 Å². The van der Waals surface area contributed by atoms with Gasteiger partial charge in [-0.3, -0.25) is 9.48 Å². The molecule has 0 spiro atoms. The first kappa shape index (κ1) is 17.0. The zero-order valence-corrected chi connectivity index (χ0v) is 15.2. The summed E-state index contributed by atoms with van der Waals surface area (Å²) in [5.74, 6) is 0.134. The van der Waals surface area contributed by atoms with Gasteiger partial charge in [-0.25, -0.2) is 9.97 Å². The highest BCUT2D eigenvalue weighted by Crippen LogP contribution is 2.33. The van der Waals surface area contributed by atoms with E-state index in [9.17, 15) is 4.79 Å². The second kappa shape index (κ2) is 7.03. The Morgan fingerprint density at radius 2 is 2.08 bits per heavy atom. The van der Waals surface area contributed by atoms with E-state index in [0.717, 1.165) is 48.4 Å². The zero-order chi connectivity index (χ0) is 18.1. The molecule has 8 nitrogen and oxygen atoms in total. The number of aromatic nitrogens is 4. The molecule has 0 radical (unpaired) electrons. The van der Waals surface area contributed by atoms with Gasteiger partial charge in [-0.1, -0.05) is 6.42 Å². The van der Waals surface area contributed by atoms with Crippen LogP contribution >= 0.6 is 0 Å². The van der Waals surface area contributed by atoms with Gasteiger partial charge < -0.3 is 16.0 Å². The van der Waals surface area contributed by atoms with Gasteiger partial charge in [0.15, 0.2) is 5.69 Å². The summed E-state index contributed by atoms with van der Waals surface area (Å²) in [6.07, 6.45) is 7.34. The van der Waals surface area contributed by atoms with Gasteiger partial charge in [-0.15, -0.1) is 0 Å². The maximum Gasteiger partial charge on any atom is 0.269 e. The smallest absolute Gasteiger partial charge is 0.269 e. The van der Waals surface area contributed by atoms with Crippen LogP contribution in [0.25, 0.3) is 11.4 Å². The summed E-state index contributed by atoms with van der Waals surface area (Å²) in [7, 11) is 1.83. The van der Waals surface area contributed by atoms with E-state index in [0.29, 0.717) is 11.6 Å². The van der Waals surface area contributed by atoms with Crippen LogP contribution in [0.4, 0.5) is 5.95 Å². The van der Waals surface area contributed by atoms with Gasteiger partial charge in [0, 0.05) is 31.9 Å². The number of anilines is 1. The van der Waals surface area contributed by atoms with Crippen LogP contribution in [-0.2, 0) is 19.9 Å². The van der Waals surface area contributed by atoms with Crippen molar-refractivity contribution in [1.82, 2.24) is 24.6 Å². The molecule has 4 rings (SSSR count). The number of nitrogens with zero attached hydrogens (tertiary/aromatic N) is 5. The molecule has 8 heteroatoms. The topological polar surface area (TPSA) is 102 Å². The third-order valence-corrected chi connectivity index (χ3v) is 5.27. The lowest BCUT2D eigenvalue weighted by Gasteiger charge is -2.26. The van der Waals surface area contributed by atoms with Crippen molar-refractivity contribution in [3.63, 3.8) is 0 Å². The molecular formula is C18H25N7O. The van der Waals surface area contributed by atoms with E-state index >= 15 is 0 Å². The first-order valence-corrected chi connectivity index (χ1v) is 9.31. The number of nitrogens with two attached hydrogens (primary N) is 1. The minimum absolute atomic E-state index is 0.353. The zero-order valence-electron chi connectivity index (χ0n) is 15.2. The minimum atomic E-state index is -0.487. The Kier molecular flexibility index (Phi) is 4.58. The lowest BCUT2D eigenvalue weighted by atomic mass is 9.93. The predicted molar refractivity (Wildman–Crippen MR) is 98.9 cm³/mol. The van der Waals surface area contributed by atoms with E-state index in [4.69, 9.17) is 10.7 Å². The number of aryl methyl sites for hydroxylation is 2. The molecule has 3 N–H and O–H groups in total. The van der Waals surface area contributed by atoms with Crippen LogP contribution in [-0.4, -0.2) is 56.7 Å². The molecule has 1 aliphatic heterocycles. The second-order valence-electron chi connectivity index (χ2n) is 7.06. The van der Waals surface area contributed by atoms with Crippen LogP contribution in [0, 0.1) is 0 Å². The van der Waals surface area contributed by atoms with Crippen LogP contribution in [0.1, 0.15) is 40.9 Å². The van der Waals surface area contributed by atoms with Crippen LogP contribution in [0.5, 0.6) is 0 Å². The average Bonchev–Trinajstić information content (AvgIpc) is 3.00. The van der Waals surface area contributed by atoms with Gasteiger partial charge in [-0.2, -0.15) is 5.10 Å². The molecule has 26 heavy (non-hydrogen) atoms. The van der Waals surface area contributed by atoms with Crippen molar-refractivity contribution in [2.24, 2.45) is 12.8 Å². The summed E-state index contributed by atoms with van der Waals surface area (Å²) in [6, 6.07) is 0. The number of carbonyl (C=O) groups is 1. The molecular weight excluding hydrogens is 330 g/mol. The molecule has 3 heterocycles. The summed E-state index contributed by atoms with van der Waals surface area (Å²) >= 11 is 0. The molecule has 0 unspecified atom stereocenters. The minimum Gasteiger partial charge on any atom is -0.364 e. The number of amides is 1. The number of rotatable bonds is 5. The fourth-order valence-corrected chi connectivity index (χ4v) is 3.95. The summed E-state index contributed by atoms with van der Waals surface area (Å²) in [6.45, 7) is 4.19. The Labute approximate surface area is 152 Å². The summed E-state index contributed by atoms with van der Waals surface area (Å²) in [5, 5.41) is 7.64. The molecule has 1 saturated heterocycles. The Hall–Kier alpha value is -2.48. The highest BCUT2D eigenvalue weighted by atomic mass is 16.1. The number of nitrogens with one attached hydrogen (secondary N) is 1. The summed E-state index contributed by atoms with van der Waals surface area (Å²) < 4.78 is 1.71. The van der Waals surface area contributed by atoms with Crippen LogP contribution < -0.4 is 11.1 Å². The van der Waals surface area contributed by atoms with Crippen molar-refractivity contribution in [3.05, 3.63) is 23.0 Å². The predicted octanol–water partition coefficient (Wildman–Crippen LogP) is 0.972. The summed E-state index contributed by atoms with van der Waals surface area (Å²) in [5.41, 5.74) is 9.53. The van der Waals surface area contributed by atoms with E-state index < -0.39 is 5.91 Å². The first-order chi connectivity index (χ1) is 12.6. The maximum atomic E-state index is 11.7. The maximum absolute atomic E-state index is 11.7. The molecule has 1 amide bonds. The fourth-order valence-electron chi connectivity index (χ4n) is 3.95. The van der Waals surface area contributed by atoms with E-state index in [1.165, 1.54) is 32.4 Å². The van der Waals surface area contributed by atoms with Gasteiger partial charge in [0.05, 0.1) is 11.4 Å². The number of carbonyl (C=O) groups excluding carboxylic acids is 1. The van der Waals surface area contributed by atoms with E-state index in [-0.39, 0.29) is 0 Å². The number of likely N-dealkylation sites (tertiary alicyclic amines) is 1. The monoisotopic (exact) mass is 355 g/mol. The van der Waals surface area contributed by atoms with Crippen LogP contribution in [0.3, 0.4) is 0 Å². The molecule has 2 aliphatic rings. The fraction of sp³-hybridized carbons (Fsp3) is 0.556. The highest BCUT2D eigenvalue weighted by Gasteiger charge is 2.27. The second-order valence-corrected chi connectivity index (χ2v) is 7.06. The normalized spacial score (nSPS) is 16.8. The molecule has 138 valence electrons. The van der Waals surface area contributed by atoms with Gasteiger partial charge >= 0.3 is 0 Å². The third kappa shape index (κ3) is 3.16. The first-order valence-electron chi connectivity index (χ1n) is 9.31. The Balaban J connectivity index is 1.53. The van der Waals surface area contributed by atoms with Crippen LogP contribution in [0.2, 0.25) is 0 Å². The SMILES string of the molecule is Cn1nc(C(N)=O)c2c1-c1nc(NCCN3CCCCC3)ncc1CC2. The quantitative estimate of drug-likeness (QED) is 0.829. The molecule has 0 saturated carbocycles. The standard InChI is InChI=1S/C18H25N7O/c1-24-16-13(15(23-24)17(19)26)6-5-12-11-21-18(22-14(12)16)20-7-10-25-8-3-2-4-9-25/h11H,2-10H2,1H3,(H2,19,26)(H,20,21,22). The van der Waals surface area contributed by atoms with E-state index in [1.54, 1.807) is 4.68 Å². The van der Waals surface area contributed by atoms with Crippen molar-refractivity contribution in [1.29, 1.82) is 0 Å². The molecule has 0 aromatic carbocycles. The van der Waals surface area contributed by atoms with Crippen molar-refractivity contribution in [2.75, 3.05) is 31.5 Å². The molecule has 1 aliphatic carbocycles. The number of fused-ring (bicyclic) bond motifs is 3. The van der Waals surface area contributed by atoms with Gasteiger partial charge in [0.1, 0.15) is 0 Å². The summed E-state index contributed by atoms with van der Waals surface area (Å²) in [4.78, 5) is 23.3. The molecule has 0 atom stereocenters. The van der Waals surface area contributed by atoms with Crippen LogP contribution in [0.15, 0.2) is 6.20 Å². The molecule has 2 aromatic heterocycles. The highest BCUT2D eigenvalue weighted by molar-refractivity contribution is 5.94. The van der Waals surface area contributed by atoms with Crippen molar-refractivity contribution in [3.8, 4) is 11.4 Å². The Morgan fingerprint density at radius 3 is 2.85 bits per heavy atom. The average molecular weight is 355 g/mol. The number of hydrogen-bond acceptors (Lipinski definition) is 6. The lowest BCUT2D eigenvalue weighted by molar-refractivity contribution is 0.0994. The third-order valence-electron chi connectivity index (χ3n) is 5.27. The largest absolute Gasteiger partial charge is 0.364 e. The van der Waals surface area contributed by atoms with Crippen molar-refractivity contribution in [2.45, 2.75) is 32.1 Å². The van der Waals surface area contributed by atoms with Crippen molar-refractivity contribution >= 4 is 11.9 Å². The number of hydrogen-bond donors (Lipinski definition) is 2. The van der Waals surface area contributed by atoms with E-state index in [2.05, 4.69) is 20.3 Å². The molecule has 2 aromatic rings. The van der Waals surface area contributed by atoms with Gasteiger partial charge in [-0.05, 0) is 44.3 Å². The van der Waals surface area contributed by atoms with Gasteiger partial charge in [0.2, 0.25) is 5.95 Å². The number of primary amides is 1. The molecule has 1 fully saturated rings. The molecule has 0 bridgehead atoms. The van der Waals surface area contributed by atoms with E-state index in [1.807, 2.05) is 13.2 Å². The van der Waals surface area contributed by atoms with Crippen molar-refractivity contribution < 1.29 is 4.79 Å².